The lowest BCUT2D eigenvalue weighted by Gasteiger charge is -2.33. The van der Waals surface area contributed by atoms with Crippen molar-refractivity contribution >= 4 is 26.7 Å². The van der Waals surface area contributed by atoms with E-state index in [4.69, 9.17) is 0 Å². The summed E-state index contributed by atoms with van der Waals surface area (Å²) in [5, 5.41) is 3.12. The molecular weight excluding hydrogens is 434 g/mol. The zero-order valence-corrected chi connectivity index (χ0v) is 20.4. The maximum Gasteiger partial charge on any atom is 0.285 e. The van der Waals surface area contributed by atoms with Crippen LogP contribution < -0.4 is 5.32 Å². The Balaban J connectivity index is 1.44. The summed E-state index contributed by atoms with van der Waals surface area (Å²) >= 11 is 0. The van der Waals surface area contributed by atoms with Gasteiger partial charge in [0.1, 0.15) is 10.7 Å². The number of amidine groups is 1. The van der Waals surface area contributed by atoms with Crippen molar-refractivity contribution in [2.75, 3.05) is 13.1 Å². The number of nitrogens with one attached hydrogen (secondary N) is 1. The van der Waals surface area contributed by atoms with E-state index in [1.807, 2.05) is 81.1 Å². The van der Waals surface area contributed by atoms with Gasteiger partial charge in [-0.15, -0.1) is 4.40 Å². The number of benzene rings is 2. The van der Waals surface area contributed by atoms with Crippen LogP contribution in [0, 0.1) is 19.8 Å². The summed E-state index contributed by atoms with van der Waals surface area (Å²) in [5.74, 6) is 0.476. The van der Waals surface area contributed by atoms with E-state index >= 15 is 0 Å². The molecule has 0 spiro atoms. The summed E-state index contributed by atoms with van der Waals surface area (Å²) in [6.45, 7) is 9.00. The lowest BCUT2D eigenvalue weighted by Crippen LogP contribution is -2.43. The minimum atomic E-state index is -3.75. The van der Waals surface area contributed by atoms with Crippen LogP contribution in [0.15, 0.2) is 58.5 Å². The van der Waals surface area contributed by atoms with Crippen molar-refractivity contribution in [1.82, 2.24) is 10.2 Å². The Kier molecular flexibility index (Phi) is 6.43. The van der Waals surface area contributed by atoms with Crippen molar-refractivity contribution in [3.05, 3.63) is 76.4 Å². The van der Waals surface area contributed by atoms with E-state index in [0.717, 1.165) is 16.7 Å². The molecule has 2 aromatic carbocycles. The molecule has 2 aliphatic rings. The molecule has 2 heterocycles. The highest BCUT2D eigenvalue weighted by molar-refractivity contribution is 8.00. The smallest absolute Gasteiger partial charge is 0.285 e. The minimum absolute atomic E-state index is 0.0493. The number of likely N-dealkylation sites (tertiary alicyclic amines) is 1. The summed E-state index contributed by atoms with van der Waals surface area (Å²) in [5.41, 5.74) is 4.61. The molecule has 1 atom stereocenters. The normalized spacial score (nSPS) is 19.4. The van der Waals surface area contributed by atoms with Crippen LogP contribution in [0.25, 0.3) is 4.91 Å². The van der Waals surface area contributed by atoms with Crippen LogP contribution in [0.4, 0.5) is 0 Å². The average molecular weight is 466 g/mol. The van der Waals surface area contributed by atoms with E-state index in [-0.39, 0.29) is 22.8 Å². The molecule has 2 aromatic rings. The molecule has 1 fully saturated rings. The van der Waals surface area contributed by atoms with E-state index in [9.17, 15) is 13.2 Å². The minimum Gasteiger partial charge on any atom is -0.356 e. The van der Waals surface area contributed by atoms with Crippen LogP contribution in [0.5, 0.6) is 0 Å². The molecule has 6 nitrogen and oxygen atoms in total. The predicted molar refractivity (Wildman–Crippen MR) is 132 cm³/mol. The van der Waals surface area contributed by atoms with Crippen LogP contribution in [-0.4, -0.2) is 38.2 Å². The predicted octanol–water partition coefficient (Wildman–Crippen LogP) is 4.37. The second kappa shape index (κ2) is 9.14. The summed E-state index contributed by atoms with van der Waals surface area (Å²) in [4.78, 5) is 15.1. The fourth-order valence-corrected chi connectivity index (χ4v) is 6.05. The van der Waals surface area contributed by atoms with Gasteiger partial charge in [0.15, 0.2) is 0 Å². The van der Waals surface area contributed by atoms with Gasteiger partial charge in [-0.05, 0) is 62.8 Å². The van der Waals surface area contributed by atoms with Gasteiger partial charge in [0.05, 0.1) is 6.04 Å². The van der Waals surface area contributed by atoms with E-state index in [2.05, 4.69) is 9.71 Å². The van der Waals surface area contributed by atoms with Gasteiger partial charge in [0.2, 0.25) is 5.91 Å². The van der Waals surface area contributed by atoms with E-state index in [0.29, 0.717) is 42.9 Å². The molecule has 0 unspecified atom stereocenters. The van der Waals surface area contributed by atoms with Gasteiger partial charge in [-0.3, -0.25) is 4.79 Å². The molecule has 0 bridgehead atoms. The van der Waals surface area contributed by atoms with Crippen molar-refractivity contribution in [3.63, 3.8) is 0 Å². The Bertz CT molecular complexity index is 1220. The van der Waals surface area contributed by atoms with Gasteiger partial charge in [-0.25, -0.2) is 0 Å². The number of amides is 1. The van der Waals surface area contributed by atoms with E-state index < -0.39 is 10.0 Å². The molecule has 33 heavy (non-hydrogen) atoms. The summed E-state index contributed by atoms with van der Waals surface area (Å²) in [7, 11) is -3.75. The van der Waals surface area contributed by atoms with Gasteiger partial charge in [0, 0.05) is 24.6 Å². The van der Waals surface area contributed by atoms with Crippen LogP contribution in [0.2, 0.25) is 0 Å². The average Bonchev–Trinajstić information content (AvgIpc) is 3.05. The van der Waals surface area contributed by atoms with Gasteiger partial charge in [-0.1, -0.05) is 48.5 Å². The quantitative estimate of drug-likeness (QED) is 0.727. The first-order valence-electron chi connectivity index (χ1n) is 11.4. The van der Waals surface area contributed by atoms with Gasteiger partial charge >= 0.3 is 0 Å². The summed E-state index contributed by atoms with van der Waals surface area (Å²) in [6.07, 6.45) is 1.33. The highest BCUT2D eigenvalue weighted by atomic mass is 32.2. The zero-order chi connectivity index (χ0) is 23.8. The number of hydrogen-bond acceptors (Lipinski definition) is 4. The van der Waals surface area contributed by atoms with Crippen molar-refractivity contribution in [2.24, 2.45) is 10.3 Å². The maximum absolute atomic E-state index is 12.9. The molecule has 0 radical (unpaired) electrons. The van der Waals surface area contributed by atoms with Gasteiger partial charge < -0.3 is 10.2 Å². The Labute approximate surface area is 196 Å². The molecule has 0 aromatic heterocycles. The van der Waals surface area contributed by atoms with Crippen molar-refractivity contribution in [2.45, 2.75) is 46.6 Å². The molecule has 1 saturated heterocycles. The molecule has 2 aliphatic heterocycles. The highest BCUT2D eigenvalue weighted by Crippen LogP contribution is 2.35. The summed E-state index contributed by atoms with van der Waals surface area (Å²) in [6, 6.07) is 15.6. The molecule has 4 rings (SSSR count). The van der Waals surface area contributed by atoms with Crippen molar-refractivity contribution in [3.8, 4) is 0 Å². The fourth-order valence-electron chi connectivity index (χ4n) is 4.58. The molecule has 1 N–H and O–H groups in total. The van der Waals surface area contributed by atoms with Crippen molar-refractivity contribution < 1.29 is 13.2 Å². The molecule has 0 aliphatic carbocycles. The van der Waals surface area contributed by atoms with E-state index in [1.165, 1.54) is 0 Å². The maximum atomic E-state index is 12.9. The first-order valence-corrected chi connectivity index (χ1v) is 12.9. The molecule has 174 valence electrons. The molecule has 0 saturated carbocycles. The largest absolute Gasteiger partial charge is 0.356 e. The van der Waals surface area contributed by atoms with Gasteiger partial charge in [0.25, 0.3) is 10.0 Å². The third kappa shape index (κ3) is 4.74. The molecular formula is C26H31N3O3S. The molecule has 1 amide bonds. The van der Waals surface area contributed by atoms with Crippen LogP contribution in [-0.2, 0) is 14.8 Å². The Hall–Kier alpha value is -2.93. The van der Waals surface area contributed by atoms with Crippen LogP contribution in [0.1, 0.15) is 55.0 Å². The lowest BCUT2D eigenvalue weighted by atomic mass is 9.94. The fraction of sp³-hybridized carbons (Fsp3) is 0.385. The Morgan fingerprint density at radius 3 is 2.33 bits per heavy atom. The summed E-state index contributed by atoms with van der Waals surface area (Å²) < 4.78 is 30.0. The second-order valence-corrected chi connectivity index (χ2v) is 10.6. The highest BCUT2D eigenvalue weighted by Gasteiger charge is 2.36. The number of nitrogens with zero attached hydrogens (tertiary/aromatic N) is 2. The first kappa shape index (κ1) is 23.2. The standard InChI is InChI=1S/C26H31N3O3S/c1-17-10-11-23(16-18(17)2)24-19(3)25(28-33(24,31)32)29-14-12-22(13-15-29)26(30)27-20(4)21-8-6-5-7-9-21/h5-11,16,20,22H,12-15H2,1-4H3,(H,27,30)/t20-/m0/s1. The third-order valence-corrected chi connectivity index (χ3v) is 8.20. The monoisotopic (exact) mass is 465 g/mol. The second-order valence-electron chi connectivity index (χ2n) is 9.05. The number of carbonyl (C=O) groups excluding carboxylic acids is 1. The number of hydrogen-bond donors (Lipinski definition) is 1. The van der Waals surface area contributed by atoms with Crippen LogP contribution in [0.3, 0.4) is 0 Å². The Morgan fingerprint density at radius 2 is 1.70 bits per heavy atom. The molecule has 7 heteroatoms. The first-order chi connectivity index (χ1) is 15.7. The van der Waals surface area contributed by atoms with Crippen molar-refractivity contribution in [1.29, 1.82) is 0 Å². The SMILES string of the molecule is CC1=C(c2ccc(C)c(C)c2)S(=O)(=O)N=C1N1CCC(C(=O)N[C@@H](C)c2ccccc2)CC1. The zero-order valence-electron chi connectivity index (χ0n) is 19.6. The number of sulfonamides is 1. The van der Waals surface area contributed by atoms with Gasteiger partial charge in [-0.2, -0.15) is 8.42 Å². The number of aryl methyl sites for hydroxylation is 2. The number of rotatable bonds is 4. The van der Waals surface area contributed by atoms with Crippen LogP contribution >= 0.6 is 0 Å². The lowest BCUT2D eigenvalue weighted by molar-refractivity contribution is -0.126. The number of piperidine rings is 1. The Morgan fingerprint density at radius 1 is 1.03 bits per heavy atom. The number of carbonyl (C=O) groups is 1. The topological polar surface area (TPSA) is 78.8 Å². The third-order valence-electron chi connectivity index (χ3n) is 6.73. The van der Waals surface area contributed by atoms with E-state index in [1.54, 1.807) is 0 Å².